The molecule has 1 aliphatic heterocycles. The van der Waals surface area contributed by atoms with Crippen LogP contribution < -0.4 is 4.90 Å². The van der Waals surface area contributed by atoms with E-state index in [4.69, 9.17) is 5.11 Å². The molecule has 4 heteroatoms. The number of carboxylic acids is 1. The topological polar surface area (TPSA) is 45.5 Å². The molecule has 0 radical (unpaired) electrons. The molecule has 0 spiro atoms. The molecule has 0 amide bonds. The first-order chi connectivity index (χ1) is 12.6. The lowest BCUT2D eigenvalue weighted by Gasteiger charge is -2.38. The number of nitrogens with zero attached hydrogens (tertiary/aromatic N) is 2. The Labute approximate surface area is 152 Å². The van der Waals surface area contributed by atoms with Gasteiger partial charge in [-0.05, 0) is 67.1 Å². The van der Waals surface area contributed by atoms with Gasteiger partial charge in [-0.3, -0.25) is 4.79 Å². The maximum absolute atomic E-state index is 11.0. The van der Waals surface area contributed by atoms with Crippen LogP contribution in [0.2, 0.25) is 0 Å². The molecule has 1 aliphatic carbocycles. The smallest absolute Gasteiger partial charge is 0.310 e. The van der Waals surface area contributed by atoms with E-state index in [2.05, 4.69) is 65.1 Å². The molecule has 3 aromatic rings. The molecular formula is C22H22N2O2. The van der Waals surface area contributed by atoms with Gasteiger partial charge in [0.2, 0.25) is 0 Å². The van der Waals surface area contributed by atoms with E-state index >= 15 is 0 Å². The first-order valence-electron chi connectivity index (χ1n) is 9.30. The third-order valence-electron chi connectivity index (χ3n) is 5.78. The maximum Gasteiger partial charge on any atom is 0.310 e. The standard InChI is InChI=1S/C22H22N2O2/c1-14-11-24(21-8-7-16(9-20(14)21)15-5-6-15)19-4-2-3-18(10-19)23-12-17(13-23)22(25)26/h2-4,7-11,15,17H,5-6,12-13H2,1H3,(H,25,26). The van der Waals surface area contributed by atoms with E-state index in [0.29, 0.717) is 13.1 Å². The number of anilines is 1. The first kappa shape index (κ1) is 15.5. The fourth-order valence-electron chi connectivity index (χ4n) is 3.98. The minimum atomic E-state index is -0.698. The van der Waals surface area contributed by atoms with E-state index < -0.39 is 5.97 Å². The molecular weight excluding hydrogens is 324 g/mol. The van der Waals surface area contributed by atoms with Crippen LogP contribution in [0.5, 0.6) is 0 Å². The van der Waals surface area contributed by atoms with E-state index in [1.165, 1.54) is 34.9 Å². The molecule has 0 atom stereocenters. The number of hydrogen-bond acceptors (Lipinski definition) is 2. The van der Waals surface area contributed by atoms with Crippen LogP contribution in [0.15, 0.2) is 48.7 Å². The van der Waals surface area contributed by atoms with Crippen LogP contribution in [-0.4, -0.2) is 28.7 Å². The van der Waals surface area contributed by atoms with Crippen LogP contribution in [0.1, 0.15) is 29.9 Å². The highest BCUT2D eigenvalue weighted by Gasteiger charge is 2.32. The summed E-state index contributed by atoms with van der Waals surface area (Å²) in [7, 11) is 0. The van der Waals surface area contributed by atoms with Gasteiger partial charge < -0.3 is 14.6 Å². The van der Waals surface area contributed by atoms with E-state index in [9.17, 15) is 4.79 Å². The highest BCUT2D eigenvalue weighted by atomic mass is 16.4. The Morgan fingerprint density at radius 2 is 1.85 bits per heavy atom. The maximum atomic E-state index is 11.0. The van der Waals surface area contributed by atoms with Crippen molar-refractivity contribution in [2.75, 3.05) is 18.0 Å². The summed E-state index contributed by atoms with van der Waals surface area (Å²) in [4.78, 5) is 13.2. The third-order valence-corrected chi connectivity index (χ3v) is 5.78. The predicted octanol–water partition coefficient (Wildman–Crippen LogP) is 4.34. The van der Waals surface area contributed by atoms with Gasteiger partial charge in [0.15, 0.2) is 0 Å². The second-order valence-electron chi connectivity index (χ2n) is 7.69. The average Bonchev–Trinajstić information content (AvgIpc) is 3.38. The van der Waals surface area contributed by atoms with Crippen molar-refractivity contribution in [3.8, 4) is 5.69 Å². The number of benzene rings is 2. The van der Waals surface area contributed by atoms with Crippen molar-refractivity contribution in [2.45, 2.75) is 25.7 Å². The highest BCUT2D eigenvalue weighted by Crippen LogP contribution is 2.41. The van der Waals surface area contributed by atoms with Crippen LogP contribution in [0.3, 0.4) is 0 Å². The fourth-order valence-corrected chi connectivity index (χ4v) is 3.98. The molecule has 1 N–H and O–H groups in total. The van der Waals surface area contributed by atoms with Crippen LogP contribution in [0, 0.1) is 12.8 Å². The van der Waals surface area contributed by atoms with E-state index in [1.54, 1.807) is 0 Å². The zero-order valence-corrected chi connectivity index (χ0v) is 14.9. The zero-order valence-electron chi connectivity index (χ0n) is 14.9. The van der Waals surface area contributed by atoms with Gasteiger partial charge >= 0.3 is 5.97 Å². The normalized spacial score (nSPS) is 17.5. The summed E-state index contributed by atoms with van der Waals surface area (Å²) >= 11 is 0. The molecule has 4 nitrogen and oxygen atoms in total. The lowest BCUT2D eigenvalue weighted by atomic mass is 9.99. The lowest BCUT2D eigenvalue weighted by molar-refractivity contribution is -0.142. The fraction of sp³-hybridized carbons (Fsp3) is 0.318. The zero-order chi connectivity index (χ0) is 17.8. The SMILES string of the molecule is Cc1cn(-c2cccc(N3CC(C(=O)O)C3)c2)c2ccc(C3CC3)cc12. The van der Waals surface area contributed by atoms with Crippen molar-refractivity contribution < 1.29 is 9.90 Å². The number of carboxylic acid groups (broad SMARTS) is 1. The molecule has 132 valence electrons. The molecule has 2 heterocycles. The Morgan fingerprint density at radius 3 is 2.58 bits per heavy atom. The molecule has 0 unspecified atom stereocenters. The van der Waals surface area contributed by atoms with Crippen LogP contribution in [-0.2, 0) is 4.79 Å². The van der Waals surface area contributed by atoms with Crippen LogP contribution in [0.4, 0.5) is 5.69 Å². The highest BCUT2D eigenvalue weighted by molar-refractivity contribution is 5.86. The van der Waals surface area contributed by atoms with E-state index in [0.717, 1.165) is 17.3 Å². The number of fused-ring (bicyclic) bond motifs is 1. The van der Waals surface area contributed by atoms with Crippen molar-refractivity contribution >= 4 is 22.6 Å². The summed E-state index contributed by atoms with van der Waals surface area (Å²) in [5, 5.41) is 10.4. The number of aryl methyl sites for hydroxylation is 1. The van der Waals surface area contributed by atoms with E-state index in [-0.39, 0.29) is 5.92 Å². The lowest BCUT2D eigenvalue weighted by Crippen LogP contribution is -2.50. The largest absolute Gasteiger partial charge is 0.481 e. The molecule has 1 saturated heterocycles. The Balaban J connectivity index is 1.50. The number of carbonyl (C=O) groups is 1. The number of rotatable bonds is 4. The van der Waals surface area contributed by atoms with Crippen molar-refractivity contribution in [3.63, 3.8) is 0 Å². The monoisotopic (exact) mass is 346 g/mol. The van der Waals surface area contributed by atoms with Crippen molar-refractivity contribution in [1.82, 2.24) is 4.57 Å². The van der Waals surface area contributed by atoms with Crippen molar-refractivity contribution in [2.24, 2.45) is 5.92 Å². The van der Waals surface area contributed by atoms with Gasteiger partial charge in [-0.15, -0.1) is 0 Å². The molecule has 1 aromatic heterocycles. The molecule has 5 rings (SSSR count). The van der Waals surface area contributed by atoms with Gasteiger partial charge in [-0.1, -0.05) is 12.1 Å². The van der Waals surface area contributed by atoms with Crippen LogP contribution in [0.25, 0.3) is 16.6 Å². The Bertz CT molecular complexity index is 1010. The first-order valence-corrected chi connectivity index (χ1v) is 9.30. The van der Waals surface area contributed by atoms with Crippen molar-refractivity contribution in [3.05, 3.63) is 59.8 Å². The second-order valence-corrected chi connectivity index (χ2v) is 7.69. The number of aromatic nitrogens is 1. The molecule has 2 aromatic carbocycles. The van der Waals surface area contributed by atoms with Crippen molar-refractivity contribution in [1.29, 1.82) is 0 Å². The van der Waals surface area contributed by atoms with Gasteiger partial charge in [0, 0.05) is 36.0 Å². The molecule has 2 fully saturated rings. The Kier molecular flexibility index (Phi) is 3.36. The van der Waals surface area contributed by atoms with Gasteiger partial charge in [0.25, 0.3) is 0 Å². The number of aliphatic carboxylic acids is 1. The third kappa shape index (κ3) is 2.48. The minimum absolute atomic E-state index is 0.242. The summed E-state index contributed by atoms with van der Waals surface area (Å²) in [5.41, 5.74) is 6.21. The van der Waals surface area contributed by atoms with Gasteiger partial charge in [0.05, 0.1) is 11.4 Å². The summed E-state index contributed by atoms with van der Waals surface area (Å²) in [5.74, 6) is -0.177. The number of hydrogen-bond donors (Lipinski definition) is 1. The molecule has 0 bridgehead atoms. The molecule has 26 heavy (non-hydrogen) atoms. The summed E-state index contributed by atoms with van der Waals surface area (Å²) in [6, 6.07) is 15.3. The summed E-state index contributed by atoms with van der Waals surface area (Å²) in [6.45, 7) is 3.36. The summed E-state index contributed by atoms with van der Waals surface area (Å²) in [6.07, 6.45) is 4.84. The van der Waals surface area contributed by atoms with E-state index in [1.807, 2.05) is 0 Å². The predicted molar refractivity (Wildman–Crippen MR) is 103 cm³/mol. The van der Waals surface area contributed by atoms with Gasteiger partial charge in [-0.25, -0.2) is 0 Å². The van der Waals surface area contributed by atoms with Crippen LogP contribution >= 0.6 is 0 Å². The molecule has 2 aliphatic rings. The quantitative estimate of drug-likeness (QED) is 0.764. The Hall–Kier alpha value is -2.75. The van der Waals surface area contributed by atoms with Gasteiger partial charge in [0.1, 0.15) is 0 Å². The Morgan fingerprint density at radius 1 is 1.08 bits per heavy atom. The average molecular weight is 346 g/mol. The second kappa shape index (κ2) is 5.63. The van der Waals surface area contributed by atoms with Gasteiger partial charge in [-0.2, -0.15) is 0 Å². The minimum Gasteiger partial charge on any atom is -0.481 e. The molecule has 1 saturated carbocycles. The summed E-state index contributed by atoms with van der Waals surface area (Å²) < 4.78 is 2.25.